The molecule has 260 valence electrons. The lowest BCUT2D eigenvalue weighted by Crippen LogP contribution is -2.06. The van der Waals surface area contributed by atoms with Crippen LogP contribution in [0.3, 0.4) is 0 Å². The Bertz CT molecular complexity index is 2290. The summed E-state index contributed by atoms with van der Waals surface area (Å²) in [5.41, 5.74) is 10.5. The topological polar surface area (TPSA) is 168 Å². The molecule has 4 aromatic heterocycles. The molecule has 0 unspecified atom stereocenters. The molecule has 0 spiro atoms. The SMILES string of the molecule is Cc1ccc(-n2cnc3ccc(-c4nccc([C@@H](O)CO)n4)cc32)cc1.Cc1ccc(-n2cnc3ccc(-c4nccc([C@H](O)CO)n4)cc32)cc1. The molecule has 8 aromatic rings. The Kier molecular flexibility index (Phi) is 9.87. The second-order valence-electron chi connectivity index (χ2n) is 12.3. The number of aromatic nitrogens is 8. The van der Waals surface area contributed by atoms with E-state index in [0.29, 0.717) is 23.0 Å². The fourth-order valence-electron chi connectivity index (χ4n) is 5.70. The van der Waals surface area contributed by atoms with Crippen molar-refractivity contribution in [1.29, 1.82) is 0 Å². The van der Waals surface area contributed by atoms with Crippen molar-refractivity contribution in [3.63, 3.8) is 0 Å². The zero-order valence-corrected chi connectivity index (χ0v) is 28.5. The van der Waals surface area contributed by atoms with E-state index in [2.05, 4.69) is 92.3 Å². The molecule has 0 amide bonds. The largest absolute Gasteiger partial charge is 0.393 e. The van der Waals surface area contributed by atoms with Gasteiger partial charge in [0.2, 0.25) is 0 Å². The minimum absolute atomic E-state index is 0.379. The van der Waals surface area contributed by atoms with Crippen LogP contribution in [0.1, 0.15) is 34.7 Å². The van der Waals surface area contributed by atoms with Gasteiger partial charge in [0.25, 0.3) is 0 Å². The second kappa shape index (κ2) is 15.0. The normalized spacial score (nSPS) is 12.4. The molecule has 0 aliphatic rings. The van der Waals surface area contributed by atoms with Crippen LogP contribution in [0.5, 0.6) is 0 Å². The number of aryl methyl sites for hydroxylation is 2. The molecule has 0 bridgehead atoms. The van der Waals surface area contributed by atoms with Gasteiger partial charge in [0.15, 0.2) is 11.6 Å². The molecule has 4 aromatic carbocycles. The van der Waals surface area contributed by atoms with Gasteiger partial charge in [-0.15, -0.1) is 0 Å². The lowest BCUT2D eigenvalue weighted by molar-refractivity contribution is 0.0922. The van der Waals surface area contributed by atoms with Gasteiger partial charge in [-0.2, -0.15) is 0 Å². The van der Waals surface area contributed by atoms with Crippen molar-refractivity contribution in [2.24, 2.45) is 0 Å². The average molecular weight is 693 g/mol. The van der Waals surface area contributed by atoms with Crippen molar-refractivity contribution in [1.82, 2.24) is 39.0 Å². The van der Waals surface area contributed by atoms with Gasteiger partial charge < -0.3 is 20.4 Å². The average Bonchev–Trinajstić information content (AvgIpc) is 3.82. The van der Waals surface area contributed by atoms with Crippen LogP contribution in [-0.4, -0.2) is 72.7 Å². The third-order valence-electron chi connectivity index (χ3n) is 8.62. The molecule has 12 nitrogen and oxygen atoms in total. The summed E-state index contributed by atoms with van der Waals surface area (Å²) in [7, 11) is 0. The molecule has 2 atom stereocenters. The molecular formula is C40H36N8O4. The number of benzene rings is 4. The van der Waals surface area contributed by atoms with E-state index < -0.39 is 12.2 Å². The highest BCUT2D eigenvalue weighted by Gasteiger charge is 2.14. The summed E-state index contributed by atoms with van der Waals surface area (Å²) in [4.78, 5) is 26.3. The summed E-state index contributed by atoms with van der Waals surface area (Å²) < 4.78 is 4.04. The summed E-state index contributed by atoms with van der Waals surface area (Å²) in [5.74, 6) is 0.988. The Hall–Kier alpha value is -6.18. The number of aliphatic hydroxyl groups is 4. The van der Waals surface area contributed by atoms with Crippen molar-refractivity contribution in [3.8, 4) is 34.2 Å². The summed E-state index contributed by atoms with van der Waals surface area (Å²) in [5, 5.41) is 37.8. The number of imidazole rings is 2. The zero-order valence-electron chi connectivity index (χ0n) is 28.5. The molecule has 4 N–H and O–H groups in total. The predicted octanol–water partition coefficient (Wildman–Crippen LogP) is 5.63. The zero-order chi connectivity index (χ0) is 36.2. The number of hydrogen-bond acceptors (Lipinski definition) is 10. The first-order chi connectivity index (χ1) is 25.3. The quantitative estimate of drug-likeness (QED) is 0.157. The van der Waals surface area contributed by atoms with Gasteiger partial charge in [-0.3, -0.25) is 9.13 Å². The molecule has 0 radical (unpaired) electrons. The van der Waals surface area contributed by atoms with Crippen LogP contribution in [0, 0.1) is 13.8 Å². The van der Waals surface area contributed by atoms with Crippen LogP contribution in [-0.2, 0) is 0 Å². The highest BCUT2D eigenvalue weighted by Crippen LogP contribution is 2.26. The van der Waals surface area contributed by atoms with Crippen molar-refractivity contribution < 1.29 is 20.4 Å². The Balaban J connectivity index is 0.000000162. The monoisotopic (exact) mass is 692 g/mol. The Labute approximate surface area is 299 Å². The van der Waals surface area contributed by atoms with E-state index in [9.17, 15) is 10.2 Å². The fraction of sp³-hybridized carbons (Fsp3) is 0.150. The van der Waals surface area contributed by atoms with Gasteiger partial charge in [-0.05, 0) is 86.6 Å². The van der Waals surface area contributed by atoms with Gasteiger partial charge >= 0.3 is 0 Å². The van der Waals surface area contributed by atoms with E-state index in [1.54, 1.807) is 37.2 Å². The Morgan fingerprint density at radius 2 is 0.923 bits per heavy atom. The lowest BCUT2D eigenvalue weighted by Gasteiger charge is -2.09. The number of nitrogens with zero attached hydrogens (tertiary/aromatic N) is 8. The highest BCUT2D eigenvalue weighted by atomic mass is 16.3. The van der Waals surface area contributed by atoms with Crippen molar-refractivity contribution >= 4 is 22.1 Å². The number of hydrogen-bond donors (Lipinski definition) is 4. The maximum atomic E-state index is 9.80. The lowest BCUT2D eigenvalue weighted by atomic mass is 10.1. The van der Waals surface area contributed by atoms with E-state index >= 15 is 0 Å². The first-order valence-corrected chi connectivity index (χ1v) is 16.6. The van der Waals surface area contributed by atoms with E-state index in [4.69, 9.17) is 10.2 Å². The molecule has 0 aliphatic carbocycles. The van der Waals surface area contributed by atoms with Crippen LogP contribution in [0.25, 0.3) is 56.2 Å². The second-order valence-corrected chi connectivity index (χ2v) is 12.3. The van der Waals surface area contributed by atoms with Gasteiger partial charge in [-0.25, -0.2) is 29.9 Å². The Morgan fingerprint density at radius 3 is 1.31 bits per heavy atom. The fourth-order valence-corrected chi connectivity index (χ4v) is 5.70. The maximum Gasteiger partial charge on any atom is 0.159 e. The van der Waals surface area contributed by atoms with Gasteiger partial charge in [-0.1, -0.05) is 35.4 Å². The first kappa shape index (κ1) is 34.3. The van der Waals surface area contributed by atoms with Crippen LogP contribution in [0.4, 0.5) is 0 Å². The molecule has 0 fully saturated rings. The molecule has 52 heavy (non-hydrogen) atoms. The minimum Gasteiger partial charge on any atom is -0.393 e. The van der Waals surface area contributed by atoms with Gasteiger partial charge in [0.1, 0.15) is 24.9 Å². The molecule has 0 saturated heterocycles. The van der Waals surface area contributed by atoms with E-state index in [0.717, 1.165) is 44.6 Å². The van der Waals surface area contributed by atoms with E-state index in [1.807, 2.05) is 45.5 Å². The third kappa shape index (κ3) is 7.18. The Morgan fingerprint density at radius 1 is 0.519 bits per heavy atom. The van der Waals surface area contributed by atoms with Gasteiger partial charge in [0.05, 0.1) is 46.7 Å². The van der Waals surface area contributed by atoms with Crippen LogP contribution in [0.15, 0.2) is 122 Å². The maximum absolute atomic E-state index is 9.80. The van der Waals surface area contributed by atoms with Crippen LogP contribution < -0.4 is 0 Å². The molecule has 0 saturated carbocycles. The van der Waals surface area contributed by atoms with E-state index in [1.165, 1.54) is 11.1 Å². The van der Waals surface area contributed by atoms with E-state index in [-0.39, 0.29) is 13.2 Å². The van der Waals surface area contributed by atoms with Gasteiger partial charge in [0, 0.05) is 34.9 Å². The summed E-state index contributed by atoms with van der Waals surface area (Å²) in [6, 6.07) is 31.3. The predicted molar refractivity (Wildman–Crippen MR) is 198 cm³/mol. The van der Waals surface area contributed by atoms with Crippen LogP contribution in [0.2, 0.25) is 0 Å². The standard InChI is InChI=1S/2C20H18N4O2/c2*1-13-2-5-15(6-3-13)24-12-22-16-7-4-14(10-18(16)24)20-21-9-8-17(23-20)19(26)11-25/h2*2-10,12,19,25-26H,11H2,1H3/t2*19-/m10/s1. The van der Waals surface area contributed by atoms with Crippen molar-refractivity contribution in [2.75, 3.05) is 13.2 Å². The number of rotatable bonds is 8. The summed E-state index contributed by atoms with van der Waals surface area (Å²) in [6.45, 7) is 3.35. The van der Waals surface area contributed by atoms with Crippen molar-refractivity contribution in [2.45, 2.75) is 26.1 Å². The van der Waals surface area contributed by atoms with Crippen LogP contribution >= 0.6 is 0 Å². The number of fused-ring (bicyclic) bond motifs is 2. The first-order valence-electron chi connectivity index (χ1n) is 16.6. The number of aliphatic hydroxyl groups excluding tert-OH is 4. The smallest absolute Gasteiger partial charge is 0.159 e. The minimum atomic E-state index is -1.02. The molecule has 12 heteroatoms. The highest BCUT2D eigenvalue weighted by molar-refractivity contribution is 5.83. The summed E-state index contributed by atoms with van der Waals surface area (Å²) in [6.07, 6.45) is 4.73. The summed E-state index contributed by atoms with van der Waals surface area (Å²) >= 11 is 0. The van der Waals surface area contributed by atoms with Crippen molar-refractivity contribution in [3.05, 3.63) is 145 Å². The molecular weight excluding hydrogens is 656 g/mol. The molecule has 8 rings (SSSR count). The third-order valence-corrected chi connectivity index (χ3v) is 8.62. The molecule has 4 heterocycles. The molecule has 0 aliphatic heterocycles.